The molecule has 0 aromatic rings. The quantitative estimate of drug-likeness (QED) is 0.0235. The zero-order valence-electron chi connectivity index (χ0n) is 36.4. The summed E-state index contributed by atoms with van der Waals surface area (Å²) in [5.74, 6) is -1.07. The molecule has 0 saturated carbocycles. The lowest BCUT2D eigenvalue weighted by molar-refractivity contribution is -0.153. The molecular weight excluding hydrogens is 767 g/mol. The van der Waals surface area contributed by atoms with E-state index in [1.54, 1.807) is 0 Å². The van der Waals surface area contributed by atoms with Crippen LogP contribution >= 0.6 is 7.82 Å². The van der Waals surface area contributed by atoms with Crippen molar-refractivity contribution >= 4 is 19.8 Å². The molecule has 0 aromatic heterocycles. The smallest absolute Gasteiger partial charge is 0.457 e. The van der Waals surface area contributed by atoms with Gasteiger partial charge in [0.1, 0.15) is 12.2 Å². The number of aliphatic hydroxyl groups excluding tert-OH is 2. The van der Waals surface area contributed by atoms with Gasteiger partial charge in [0.05, 0.1) is 26.4 Å². The third kappa shape index (κ3) is 41.4. The summed E-state index contributed by atoms with van der Waals surface area (Å²) in [6, 6.07) is 0. The van der Waals surface area contributed by atoms with Gasteiger partial charge in [-0.25, -0.2) is 4.57 Å². The van der Waals surface area contributed by atoms with Crippen molar-refractivity contribution in [3.8, 4) is 0 Å². The Morgan fingerprint density at radius 3 is 1.08 bits per heavy atom. The Labute approximate surface area is 357 Å². The van der Waals surface area contributed by atoms with E-state index in [-0.39, 0.29) is 12.8 Å². The van der Waals surface area contributed by atoms with E-state index < -0.39 is 58.4 Å². The molecule has 0 heterocycles. The molecule has 3 unspecified atom stereocenters. The lowest BCUT2D eigenvalue weighted by Gasteiger charge is -2.20. The van der Waals surface area contributed by atoms with Gasteiger partial charge >= 0.3 is 19.8 Å². The number of unbranched alkanes of at least 4 members (excludes halogenated alkanes) is 10. The Hall–Kier alpha value is -3.11. The highest BCUT2D eigenvalue weighted by molar-refractivity contribution is 7.47. The van der Waals surface area contributed by atoms with Gasteiger partial charge in [-0.2, -0.15) is 0 Å². The van der Waals surface area contributed by atoms with Crippen molar-refractivity contribution in [2.24, 2.45) is 0 Å². The summed E-state index contributed by atoms with van der Waals surface area (Å²) in [6.45, 7) is 1.91. The Balaban J connectivity index is 4.00. The van der Waals surface area contributed by atoms with Gasteiger partial charge in [0.15, 0.2) is 0 Å². The second kappa shape index (κ2) is 43.0. The van der Waals surface area contributed by atoms with E-state index in [0.29, 0.717) is 12.8 Å². The van der Waals surface area contributed by atoms with Gasteiger partial charge in [0, 0.05) is 12.8 Å². The number of carbonyl (C=O) groups is 2. The van der Waals surface area contributed by atoms with Crippen molar-refractivity contribution < 1.29 is 47.8 Å². The molecule has 336 valence electrons. The van der Waals surface area contributed by atoms with Crippen LogP contribution in [0.1, 0.15) is 155 Å². The average Bonchev–Trinajstić information content (AvgIpc) is 3.22. The minimum atomic E-state index is -4.66. The van der Waals surface area contributed by atoms with E-state index in [1.165, 1.54) is 12.8 Å². The molecule has 0 radical (unpaired) electrons. The van der Waals surface area contributed by atoms with Crippen LogP contribution in [-0.4, -0.2) is 65.7 Å². The zero-order valence-corrected chi connectivity index (χ0v) is 37.3. The van der Waals surface area contributed by atoms with Crippen LogP contribution < -0.4 is 0 Å². The predicted octanol–water partition coefficient (Wildman–Crippen LogP) is 12.0. The Morgan fingerprint density at radius 1 is 0.458 bits per heavy atom. The fourth-order valence-corrected chi connectivity index (χ4v) is 6.23. The molecule has 0 aliphatic carbocycles. The maximum atomic E-state index is 12.4. The summed E-state index contributed by atoms with van der Waals surface area (Å²) in [6.07, 6.45) is 52.3. The molecular formula is C48H79O10P. The van der Waals surface area contributed by atoms with Crippen LogP contribution in [0.5, 0.6) is 0 Å². The summed E-state index contributed by atoms with van der Waals surface area (Å²) >= 11 is 0. The maximum absolute atomic E-state index is 12.4. The van der Waals surface area contributed by atoms with Crippen molar-refractivity contribution in [3.05, 3.63) is 97.2 Å². The van der Waals surface area contributed by atoms with Crippen LogP contribution in [0, 0.1) is 0 Å². The Morgan fingerprint density at radius 2 is 0.746 bits per heavy atom. The molecule has 3 N–H and O–H groups in total. The minimum absolute atomic E-state index is 0.147. The summed E-state index contributed by atoms with van der Waals surface area (Å²) in [5, 5.41) is 19.2. The standard InChI is InChI=1S/C48H79O10P/c1-3-5-7-9-11-13-15-17-19-21-22-24-26-28-30-32-34-36-38-40-48(52)58-46(42-50)44-56-59(53,54)55-43-45(41-49)57-47(51)39-37-35-33-31-29-27-25-23-20-18-16-14-12-10-8-6-4-2/h5-8,11-14,17-20,22,24,28,30,45-46,49-50H,3-4,9-10,15-16,21,23,25-27,29,31-44H2,1-2H3,(H,53,54)/b7-5-,8-6-,13-11-,14-12-,19-17-,20-18-,24-22-,30-28-. The molecule has 10 nitrogen and oxygen atoms in total. The van der Waals surface area contributed by atoms with Crippen LogP contribution in [0.4, 0.5) is 0 Å². The lowest BCUT2D eigenvalue weighted by atomic mass is 10.1. The van der Waals surface area contributed by atoms with E-state index in [2.05, 4.69) is 111 Å². The molecule has 0 aliphatic rings. The number of hydrogen-bond donors (Lipinski definition) is 3. The topological polar surface area (TPSA) is 149 Å². The van der Waals surface area contributed by atoms with Gasteiger partial charge in [-0.15, -0.1) is 0 Å². The molecule has 0 aromatic carbocycles. The van der Waals surface area contributed by atoms with E-state index in [4.69, 9.17) is 18.5 Å². The number of esters is 2. The van der Waals surface area contributed by atoms with E-state index in [1.807, 2.05) is 0 Å². The lowest BCUT2D eigenvalue weighted by Crippen LogP contribution is -2.28. The molecule has 0 fully saturated rings. The van der Waals surface area contributed by atoms with Crippen LogP contribution in [0.2, 0.25) is 0 Å². The van der Waals surface area contributed by atoms with Gasteiger partial charge < -0.3 is 24.6 Å². The van der Waals surface area contributed by atoms with Crippen LogP contribution in [0.3, 0.4) is 0 Å². The first-order valence-electron chi connectivity index (χ1n) is 22.2. The summed E-state index contributed by atoms with van der Waals surface area (Å²) < 4.78 is 32.6. The molecule has 11 heteroatoms. The molecule has 0 amide bonds. The third-order valence-corrected chi connectivity index (χ3v) is 9.74. The number of allylic oxidation sites excluding steroid dienone is 16. The average molecular weight is 847 g/mol. The van der Waals surface area contributed by atoms with Crippen molar-refractivity contribution in [1.29, 1.82) is 0 Å². The van der Waals surface area contributed by atoms with Crippen molar-refractivity contribution in [1.82, 2.24) is 0 Å². The number of aliphatic hydroxyl groups is 2. The number of phosphoric acid groups is 1. The first kappa shape index (κ1) is 55.9. The van der Waals surface area contributed by atoms with E-state index in [0.717, 1.165) is 103 Å². The predicted molar refractivity (Wildman–Crippen MR) is 242 cm³/mol. The van der Waals surface area contributed by atoms with Crippen molar-refractivity contribution in [3.63, 3.8) is 0 Å². The summed E-state index contributed by atoms with van der Waals surface area (Å²) in [7, 11) is -4.66. The highest BCUT2D eigenvalue weighted by Gasteiger charge is 2.27. The van der Waals surface area contributed by atoms with Gasteiger partial charge in [-0.1, -0.05) is 150 Å². The Bertz CT molecular complexity index is 1300. The molecule has 0 rings (SSSR count). The van der Waals surface area contributed by atoms with Crippen molar-refractivity contribution in [2.45, 2.75) is 167 Å². The highest BCUT2D eigenvalue weighted by Crippen LogP contribution is 2.43. The van der Waals surface area contributed by atoms with Crippen LogP contribution in [-0.2, 0) is 32.7 Å². The third-order valence-electron chi connectivity index (χ3n) is 8.79. The van der Waals surface area contributed by atoms with Crippen molar-refractivity contribution in [2.75, 3.05) is 26.4 Å². The largest absolute Gasteiger partial charge is 0.472 e. The molecule has 0 spiro atoms. The second-order valence-corrected chi connectivity index (χ2v) is 15.7. The summed E-state index contributed by atoms with van der Waals surface area (Å²) in [5.41, 5.74) is 0. The molecule has 0 bridgehead atoms. The fraction of sp³-hybridized carbons (Fsp3) is 0.625. The van der Waals surface area contributed by atoms with Gasteiger partial charge in [0.25, 0.3) is 0 Å². The van der Waals surface area contributed by atoms with Gasteiger partial charge in [-0.3, -0.25) is 18.6 Å². The minimum Gasteiger partial charge on any atom is -0.457 e. The summed E-state index contributed by atoms with van der Waals surface area (Å²) in [4.78, 5) is 34.6. The van der Waals surface area contributed by atoms with Gasteiger partial charge in [0.2, 0.25) is 0 Å². The fourth-order valence-electron chi connectivity index (χ4n) is 5.45. The number of rotatable bonds is 40. The normalized spacial score (nSPS) is 14.7. The number of carbonyl (C=O) groups excluding carboxylic acids is 2. The second-order valence-electron chi connectivity index (χ2n) is 14.3. The number of hydrogen-bond acceptors (Lipinski definition) is 9. The number of phosphoric ester groups is 1. The van der Waals surface area contributed by atoms with Crippen LogP contribution in [0.15, 0.2) is 97.2 Å². The molecule has 0 aliphatic heterocycles. The zero-order chi connectivity index (χ0) is 43.3. The van der Waals surface area contributed by atoms with Crippen LogP contribution in [0.25, 0.3) is 0 Å². The first-order chi connectivity index (χ1) is 28.8. The van der Waals surface area contributed by atoms with E-state index in [9.17, 15) is 29.3 Å². The SMILES string of the molecule is CC/C=C\C/C=C\C/C=C\C/C=C\C/C=C\CCCCCC(=O)OC(CO)COP(=O)(O)OCC(CO)OC(=O)CCCCCCCCC/C=C\C/C=C\C/C=C\CC. The first-order valence-corrected chi connectivity index (χ1v) is 23.7. The Kier molecular flexibility index (Phi) is 40.7. The highest BCUT2D eigenvalue weighted by atomic mass is 31.2. The van der Waals surface area contributed by atoms with Gasteiger partial charge in [-0.05, 0) is 89.9 Å². The number of ether oxygens (including phenoxy) is 2. The maximum Gasteiger partial charge on any atom is 0.472 e. The molecule has 3 atom stereocenters. The molecule has 59 heavy (non-hydrogen) atoms. The van der Waals surface area contributed by atoms with E-state index >= 15 is 0 Å². The molecule has 0 saturated heterocycles. The monoisotopic (exact) mass is 847 g/mol.